The van der Waals surface area contributed by atoms with Crippen molar-refractivity contribution in [2.45, 2.75) is 24.3 Å². The number of nitrogens with one attached hydrogen (secondary N) is 2. The number of hydrogen-bond donors (Lipinski definition) is 3. The zero-order chi connectivity index (χ0) is 16.9. The summed E-state index contributed by atoms with van der Waals surface area (Å²) < 4.78 is 26.3. The van der Waals surface area contributed by atoms with Crippen molar-refractivity contribution < 1.29 is 23.1 Å². The molecule has 1 unspecified atom stereocenters. The standard InChI is InChI=1S/C12H14Cl2N2O5S/c1-7(12(18)19)16-10(17)5-6-15-22(20,21)11-8(13)3-2-4-9(11)14/h2-4,7,15H,5-6H2,1H3,(H,16,17)(H,18,19). The van der Waals surface area contributed by atoms with Crippen LogP contribution in [0.5, 0.6) is 0 Å². The maximum atomic E-state index is 12.1. The van der Waals surface area contributed by atoms with Gasteiger partial charge in [0.25, 0.3) is 0 Å². The lowest BCUT2D eigenvalue weighted by Gasteiger charge is -2.11. The molecule has 10 heteroatoms. The number of carboxylic acids is 1. The Morgan fingerprint density at radius 2 is 1.82 bits per heavy atom. The number of rotatable bonds is 7. The van der Waals surface area contributed by atoms with Gasteiger partial charge in [-0.05, 0) is 19.1 Å². The van der Waals surface area contributed by atoms with Gasteiger partial charge in [-0.2, -0.15) is 0 Å². The smallest absolute Gasteiger partial charge is 0.325 e. The van der Waals surface area contributed by atoms with E-state index in [1.807, 2.05) is 0 Å². The van der Waals surface area contributed by atoms with Crippen LogP contribution in [0.2, 0.25) is 10.0 Å². The molecule has 0 saturated heterocycles. The van der Waals surface area contributed by atoms with E-state index in [9.17, 15) is 18.0 Å². The Morgan fingerprint density at radius 1 is 1.27 bits per heavy atom. The molecular weight excluding hydrogens is 355 g/mol. The van der Waals surface area contributed by atoms with E-state index >= 15 is 0 Å². The lowest BCUT2D eigenvalue weighted by molar-refractivity contribution is -0.141. The van der Waals surface area contributed by atoms with Gasteiger partial charge >= 0.3 is 5.97 Å². The van der Waals surface area contributed by atoms with Gasteiger partial charge in [-0.15, -0.1) is 0 Å². The summed E-state index contributed by atoms with van der Waals surface area (Å²) in [6.07, 6.45) is -0.223. The molecule has 0 radical (unpaired) electrons. The highest BCUT2D eigenvalue weighted by atomic mass is 35.5. The molecule has 0 bridgehead atoms. The van der Waals surface area contributed by atoms with Gasteiger partial charge in [0, 0.05) is 13.0 Å². The van der Waals surface area contributed by atoms with Crippen LogP contribution >= 0.6 is 23.2 Å². The van der Waals surface area contributed by atoms with Gasteiger partial charge in [0.05, 0.1) is 10.0 Å². The van der Waals surface area contributed by atoms with Crippen LogP contribution in [0.3, 0.4) is 0 Å². The fourth-order valence-electron chi connectivity index (χ4n) is 1.49. The number of amides is 1. The van der Waals surface area contributed by atoms with Crippen molar-refractivity contribution in [3.63, 3.8) is 0 Å². The molecule has 1 rings (SSSR count). The molecule has 0 aliphatic heterocycles. The summed E-state index contributed by atoms with van der Waals surface area (Å²) in [5.74, 6) is -1.78. The van der Waals surface area contributed by atoms with Crippen molar-refractivity contribution in [3.8, 4) is 0 Å². The average molecular weight is 369 g/mol. The van der Waals surface area contributed by atoms with Gasteiger partial charge in [0.1, 0.15) is 10.9 Å². The molecular formula is C12H14Cl2N2O5S. The fraction of sp³-hybridized carbons (Fsp3) is 0.333. The monoisotopic (exact) mass is 368 g/mol. The lowest BCUT2D eigenvalue weighted by Crippen LogP contribution is -2.39. The minimum atomic E-state index is -3.97. The molecule has 7 nitrogen and oxygen atoms in total. The van der Waals surface area contributed by atoms with Crippen molar-refractivity contribution in [1.29, 1.82) is 0 Å². The molecule has 0 heterocycles. The van der Waals surface area contributed by atoms with Crippen molar-refractivity contribution in [3.05, 3.63) is 28.2 Å². The molecule has 3 N–H and O–H groups in total. The molecule has 0 aliphatic rings. The van der Waals surface area contributed by atoms with E-state index in [2.05, 4.69) is 10.0 Å². The van der Waals surface area contributed by atoms with Crippen LogP contribution in [0.25, 0.3) is 0 Å². The van der Waals surface area contributed by atoms with E-state index in [0.717, 1.165) is 0 Å². The zero-order valence-corrected chi connectivity index (χ0v) is 13.8. The molecule has 0 aliphatic carbocycles. The number of carbonyl (C=O) groups excluding carboxylic acids is 1. The third kappa shape index (κ3) is 5.13. The van der Waals surface area contributed by atoms with Crippen molar-refractivity contribution in [2.75, 3.05) is 6.54 Å². The van der Waals surface area contributed by atoms with E-state index < -0.39 is 27.9 Å². The number of carbonyl (C=O) groups is 2. The maximum Gasteiger partial charge on any atom is 0.325 e. The number of aliphatic carboxylic acids is 1. The van der Waals surface area contributed by atoms with Crippen LogP contribution in [-0.4, -0.2) is 38.0 Å². The van der Waals surface area contributed by atoms with Crippen LogP contribution < -0.4 is 10.0 Å². The first-order valence-corrected chi connectivity index (χ1v) is 8.35. The molecule has 0 spiro atoms. The summed E-state index contributed by atoms with van der Waals surface area (Å²) in [5, 5.41) is 10.8. The number of sulfonamides is 1. The first kappa shape index (κ1) is 18.7. The zero-order valence-electron chi connectivity index (χ0n) is 11.5. The van der Waals surface area contributed by atoms with Crippen LogP contribution in [0.1, 0.15) is 13.3 Å². The highest BCUT2D eigenvalue weighted by Gasteiger charge is 2.21. The van der Waals surface area contributed by atoms with Gasteiger partial charge in [-0.3, -0.25) is 9.59 Å². The number of benzene rings is 1. The number of halogens is 2. The Labute approximate surface area is 137 Å². The predicted molar refractivity (Wildman–Crippen MR) is 81.5 cm³/mol. The van der Waals surface area contributed by atoms with Gasteiger partial charge < -0.3 is 10.4 Å². The van der Waals surface area contributed by atoms with Crippen LogP contribution in [-0.2, 0) is 19.6 Å². The Balaban J connectivity index is 2.64. The van der Waals surface area contributed by atoms with E-state index in [0.29, 0.717) is 0 Å². The summed E-state index contributed by atoms with van der Waals surface area (Å²) in [5.41, 5.74) is 0. The highest BCUT2D eigenvalue weighted by Crippen LogP contribution is 2.28. The van der Waals surface area contributed by atoms with E-state index in [4.69, 9.17) is 28.3 Å². The minimum Gasteiger partial charge on any atom is -0.480 e. The summed E-state index contributed by atoms with van der Waals surface area (Å²) in [7, 11) is -3.97. The van der Waals surface area contributed by atoms with Gasteiger partial charge in [0.15, 0.2) is 0 Å². The molecule has 22 heavy (non-hydrogen) atoms. The SMILES string of the molecule is CC(NC(=O)CCNS(=O)(=O)c1c(Cl)cccc1Cl)C(=O)O. The summed E-state index contributed by atoms with van der Waals surface area (Å²) >= 11 is 11.6. The van der Waals surface area contributed by atoms with Crippen LogP contribution in [0.15, 0.2) is 23.1 Å². The molecule has 0 saturated carbocycles. The summed E-state index contributed by atoms with van der Waals surface area (Å²) in [4.78, 5) is 21.8. The van der Waals surface area contributed by atoms with Gasteiger partial charge in [0.2, 0.25) is 15.9 Å². The van der Waals surface area contributed by atoms with E-state index in [1.54, 1.807) is 0 Å². The Hall–Kier alpha value is -1.35. The molecule has 1 atom stereocenters. The third-order valence-electron chi connectivity index (χ3n) is 2.58. The van der Waals surface area contributed by atoms with Gasteiger partial charge in [-0.1, -0.05) is 29.3 Å². The molecule has 122 valence electrons. The third-order valence-corrected chi connectivity index (χ3v) is 5.00. The Bertz CT molecular complexity index is 658. The second-order valence-corrected chi connectivity index (χ2v) is 6.84. The molecule has 0 aromatic heterocycles. The first-order chi connectivity index (χ1) is 10.1. The highest BCUT2D eigenvalue weighted by molar-refractivity contribution is 7.89. The van der Waals surface area contributed by atoms with Crippen molar-refractivity contribution >= 4 is 45.1 Å². The first-order valence-electron chi connectivity index (χ1n) is 6.11. The van der Waals surface area contributed by atoms with E-state index in [1.165, 1.54) is 25.1 Å². The lowest BCUT2D eigenvalue weighted by atomic mass is 10.3. The van der Waals surface area contributed by atoms with E-state index in [-0.39, 0.29) is 27.9 Å². The second-order valence-electron chi connectivity index (χ2n) is 4.33. The van der Waals surface area contributed by atoms with Crippen molar-refractivity contribution in [2.24, 2.45) is 0 Å². The molecule has 0 fully saturated rings. The summed E-state index contributed by atoms with van der Waals surface area (Å²) in [6, 6.07) is 3.21. The van der Waals surface area contributed by atoms with Crippen LogP contribution in [0.4, 0.5) is 0 Å². The Kier molecular flexibility index (Phi) is 6.61. The Morgan fingerprint density at radius 3 is 2.32 bits per heavy atom. The number of hydrogen-bond acceptors (Lipinski definition) is 4. The van der Waals surface area contributed by atoms with Gasteiger partial charge in [-0.25, -0.2) is 13.1 Å². The van der Waals surface area contributed by atoms with Crippen molar-refractivity contribution in [1.82, 2.24) is 10.0 Å². The predicted octanol–water partition coefficient (Wildman–Crippen LogP) is 1.25. The molecule has 1 amide bonds. The molecule has 1 aromatic rings. The largest absolute Gasteiger partial charge is 0.480 e. The maximum absolute atomic E-state index is 12.1. The number of carboxylic acid groups (broad SMARTS) is 1. The fourth-order valence-corrected chi connectivity index (χ4v) is 3.66. The summed E-state index contributed by atoms with van der Waals surface area (Å²) in [6.45, 7) is 1.08. The average Bonchev–Trinajstić information content (AvgIpc) is 2.37. The normalized spacial score (nSPS) is 12.7. The molecule has 1 aromatic carbocycles. The topological polar surface area (TPSA) is 113 Å². The minimum absolute atomic E-state index is 0.0380. The van der Waals surface area contributed by atoms with Crippen LogP contribution in [0, 0.1) is 0 Å². The second kappa shape index (κ2) is 7.77. The quantitative estimate of drug-likeness (QED) is 0.670.